The van der Waals surface area contributed by atoms with Gasteiger partial charge < -0.3 is 9.67 Å². The van der Waals surface area contributed by atoms with Gasteiger partial charge in [0.15, 0.2) is 0 Å². The Morgan fingerprint density at radius 2 is 1.77 bits per heavy atom. The van der Waals surface area contributed by atoms with Crippen LogP contribution in [0.5, 0.6) is 0 Å². The molecular formula is C26H22N2O2. The summed E-state index contributed by atoms with van der Waals surface area (Å²) >= 11 is 0. The fraction of sp³-hybridized carbons (Fsp3) is 0.154. The molecule has 0 saturated heterocycles. The molecule has 0 aliphatic carbocycles. The maximum atomic E-state index is 11.3. The monoisotopic (exact) mass is 394 g/mol. The summed E-state index contributed by atoms with van der Waals surface area (Å²) in [6.45, 7) is 5.12. The molecule has 30 heavy (non-hydrogen) atoms. The first-order chi connectivity index (χ1) is 14.5. The predicted octanol–water partition coefficient (Wildman–Crippen LogP) is 6.05. The second-order valence-corrected chi connectivity index (χ2v) is 8.01. The zero-order chi connectivity index (χ0) is 20.8. The molecule has 0 amide bonds. The van der Waals surface area contributed by atoms with E-state index in [1.165, 1.54) is 22.2 Å². The van der Waals surface area contributed by atoms with Crippen molar-refractivity contribution in [2.45, 2.75) is 26.3 Å². The lowest BCUT2D eigenvalue weighted by atomic mass is 9.95. The number of nitrogens with zero attached hydrogens (tertiary/aromatic N) is 2. The van der Waals surface area contributed by atoms with E-state index in [1.807, 2.05) is 24.4 Å². The molecular weight excluding hydrogens is 372 g/mol. The van der Waals surface area contributed by atoms with Crippen molar-refractivity contribution in [2.24, 2.45) is 4.99 Å². The number of hydrogen-bond acceptors (Lipinski definition) is 2. The Labute approximate surface area is 175 Å². The molecule has 1 aliphatic heterocycles. The molecule has 4 heteroatoms. The first-order valence-corrected chi connectivity index (χ1v) is 10.1. The number of aromatic nitrogens is 1. The van der Waals surface area contributed by atoms with Gasteiger partial charge in [-0.3, -0.25) is 4.99 Å². The molecule has 0 saturated carbocycles. The highest BCUT2D eigenvalue weighted by Gasteiger charge is 2.24. The van der Waals surface area contributed by atoms with E-state index in [2.05, 4.69) is 59.8 Å². The number of benzene rings is 3. The number of carbonyl (C=O) groups is 1. The number of rotatable bonds is 4. The lowest BCUT2D eigenvalue weighted by molar-refractivity contribution is 0.0697. The Balaban J connectivity index is 1.88. The third-order valence-electron chi connectivity index (χ3n) is 5.74. The smallest absolute Gasteiger partial charge is 0.335 e. The van der Waals surface area contributed by atoms with Crippen LogP contribution in [0.25, 0.3) is 27.7 Å². The molecule has 1 aliphatic rings. The Morgan fingerprint density at radius 3 is 2.43 bits per heavy atom. The van der Waals surface area contributed by atoms with Crippen LogP contribution < -0.4 is 0 Å². The minimum absolute atomic E-state index is 0.273. The number of hydrogen-bond donors (Lipinski definition) is 1. The van der Waals surface area contributed by atoms with Crippen molar-refractivity contribution in [1.29, 1.82) is 0 Å². The molecule has 5 rings (SSSR count). The van der Waals surface area contributed by atoms with Gasteiger partial charge in [-0.25, -0.2) is 4.79 Å². The third kappa shape index (κ3) is 2.84. The summed E-state index contributed by atoms with van der Waals surface area (Å²) in [6, 6.07) is 22.1. The second-order valence-electron chi connectivity index (χ2n) is 8.01. The average Bonchev–Trinajstić information content (AvgIpc) is 3.34. The summed E-state index contributed by atoms with van der Waals surface area (Å²) in [5, 5.41) is 10.5. The molecule has 0 fully saturated rings. The minimum atomic E-state index is -0.910. The van der Waals surface area contributed by atoms with E-state index in [0.29, 0.717) is 12.1 Å². The van der Waals surface area contributed by atoms with Crippen molar-refractivity contribution in [1.82, 2.24) is 4.57 Å². The highest BCUT2D eigenvalue weighted by molar-refractivity contribution is 6.03. The van der Waals surface area contributed by atoms with Crippen LogP contribution in [-0.4, -0.2) is 21.9 Å². The molecule has 2 heterocycles. The average molecular weight is 394 g/mol. The Hall–Kier alpha value is -3.66. The number of fused-ring (bicyclic) bond motifs is 2. The van der Waals surface area contributed by atoms with Crippen LogP contribution >= 0.6 is 0 Å². The first-order valence-electron chi connectivity index (χ1n) is 10.1. The largest absolute Gasteiger partial charge is 0.478 e. The van der Waals surface area contributed by atoms with Crippen molar-refractivity contribution in [3.63, 3.8) is 0 Å². The van der Waals surface area contributed by atoms with Crippen LogP contribution in [0.3, 0.4) is 0 Å². The zero-order valence-corrected chi connectivity index (χ0v) is 17.0. The van der Waals surface area contributed by atoms with Crippen LogP contribution in [0.1, 0.15) is 46.9 Å². The highest BCUT2D eigenvalue weighted by atomic mass is 16.4. The van der Waals surface area contributed by atoms with E-state index in [9.17, 15) is 9.90 Å². The van der Waals surface area contributed by atoms with Gasteiger partial charge in [-0.1, -0.05) is 44.2 Å². The lowest BCUT2D eigenvalue weighted by Crippen LogP contribution is -2.03. The Bertz CT molecular complexity index is 1300. The Morgan fingerprint density at radius 1 is 1.03 bits per heavy atom. The number of carboxylic acids is 1. The SMILES string of the molecule is CC(C)c1c(-c2ccc(C(=O)O)cc2)c2cc3c(cc2n1-c1ccccc1)C=NC3. The molecule has 3 aromatic carbocycles. The normalized spacial score (nSPS) is 12.6. The van der Waals surface area contributed by atoms with Crippen LogP contribution in [0.15, 0.2) is 71.7 Å². The summed E-state index contributed by atoms with van der Waals surface area (Å²) in [5.74, 6) is -0.637. The van der Waals surface area contributed by atoms with E-state index in [4.69, 9.17) is 0 Å². The zero-order valence-electron chi connectivity index (χ0n) is 17.0. The molecule has 148 valence electrons. The number of aliphatic imine (C=N–C) groups is 1. The summed E-state index contributed by atoms with van der Waals surface area (Å²) in [6.07, 6.45) is 1.95. The van der Waals surface area contributed by atoms with Gasteiger partial charge in [0, 0.05) is 28.5 Å². The van der Waals surface area contributed by atoms with Gasteiger partial charge in [-0.05, 0) is 59.0 Å². The van der Waals surface area contributed by atoms with Crippen molar-refractivity contribution in [3.8, 4) is 16.8 Å². The van der Waals surface area contributed by atoms with E-state index >= 15 is 0 Å². The van der Waals surface area contributed by atoms with Crippen LogP contribution in [0.4, 0.5) is 0 Å². The van der Waals surface area contributed by atoms with E-state index < -0.39 is 5.97 Å². The van der Waals surface area contributed by atoms with Gasteiger partial charge in [-0.15, -0.1) is 0 Å². The van der Waals surface area contributed by atoms with Crippen molar-refractivity contribution in [2.75, 3.05) is 0 Å². The standard InChI is InChI=1S/C26H22N2O2/c1-16(2)25-24(17-8-10-18(11-9-17)26(29)30)22-12-19-14-27-15-20(19)13-23(22)28(25)21-6-4-3-5-7-21/h3-13,15-16H,14H2,1-2H3,(H,29,30). The third-order valence-corrected chi connectivity index (χ3v) is 5.74. The summed E-state index contributed by atoms with van der Waals surface area (Å²) in [4.78, 5) is 15.8. The van der Waals surface area contributed by atoms with E-state index in [-0.39, 0.29) is 5.92 Å². The predicted molar refractivity (Wildman–Crippen MR) is 121 cm³/mol. The van der Waals surface area contributed by atoms with Crippen molar-refractivity contribution in [3.05, 3.63) is 89.1 Å². The molecule has 0 bridgehead atoms. The summed E-state index contributed by atoms with van der Waals surface area (Å²) < 4.78 is 2.34. The summed E-state index contributed by atoms with van der Waals surface area (Å²) in [7, 11) is 0. The molecule has 0 spiro atoms. The summed E-state index contributed by atoms with van der Waals surface area (Å²) in [5.41, 5.74) is 8.37. The van der Waals surface area contributed by atoms with Crippen LogP contribution in [0, 0.1) is 0 Å². The van der Waals surface area contributed by atoms with Crippen LogP contribution in [0.2, 0.25) is 0 Å². The van der Waals surface area contributed by atoms with Crippen molar-refractivity contribution < 1.29 is 9.90 Å². The maximum absolute atomic E-state index is 11.3. The van der Waals surface area contributed by atoms with Gasteiger partial charge in [0.1, 0.15) is 0 Å². The molecule has 0 radical (unpaired) electrons. The number of para-hydroxylation sites is 1. The van der Waals surface area contributed by atoms with Gasteiger partial charge in [0.05, 0.1) is 17.6 Å². The van der Waals surface area contributed by atoms with Crippen LogP contribution in [-0.2, 0) is 6.54 Å². The van der Waals surface area contributed by atoms with Gasteiger partial charge in [0.25, 0.3) is 0 Å². The fourth-order valence-corrected chi connectivity index (χ4v) is 4.40. The number of carboxylic acid groups (broad SMARTS) is 1. The van der Waals surface area contributed by atoms with E-state index in [1.54, 1.807) is 12.1 Å². The highest BCUT2D eigenvalue weighted by Crippen LogP contribution is 2.42. The molecule has 1 aromatic heterocycles. The fourth-order valence-electron chi connectivity index (χ4n) is 4.40. The van der Waals surface area contributed by atoms with Gasteiger partial charge in [-0.2, -0.15) is 0 Å². The van der Waals surface area contributed by atoms with Gasteiger partial charge >= 0.3 is 5.97 Å². The quantitative estimate of drug-likeness (QED) is 0.458. The van der Waals surface area contributed by atoms with E-state index in [0.717, 1.165) is 22.3 Å². The molecule has 0 atom stereocenters. The molecule has 4 nitrogen and oxygen atoms in total. The molecule has 4 aromatic rings. The first kappa shape index (κ1) is 18.4. The van der Waals surface area contributed by atoms with Gasteiger partial charge in [0.2, 0.25) is 0 Å². The Kier molecular flexibility index (Phi) is 4.28. The topological polar surface area (TPSA) is 54.6 Å². The minimum Gasteiger partial charge on any atom is -0.478 e. The molecule has 1 N–H and O–H groups in total. The van der Waals surface area contributed by atoms with Crippen molar-refractivity contribution >= 4 is 23.1 Å². The second kappa shape index (κ2) is 6.99. The number of aromatic carboxylic acids is 1. The molecule has 0 unspecified atom stereocenters. The maximum Gasteiger partial charge on any atom is 0.335 e. The lowest BCUT2D eigenvalue weighted by Gasteiger charge is -2.16.